The Morgan fingerprint density at radius 2 is 1.78 bits per heavy atom. The summed E-state index contributed by atoms with van der Waals surface area (Å²) in [6, 6.07) is 9.09. The van der Waals surface area contributed by atoms with Crippen LogP contribution in [-0.2, 0) is 9.53 Å². The second-order valence-electron chi connectivity index (χ2n) is 5.74. The number of methoxy groups -OCH3 is 1. The average Bonchev–Trinajstić information content (AvgIpc) is 2.63. The van der Waals surface area contributed by atoms with Crippen LogP contribution in [0.4, 0.5) is 11.4 Å². The maximum atomic E-state index is 12.4. The van der Waals surface area contributed by atoms with Crippen LogP contribution in [-0.4, -0.2) is 30.9 Å². The van der Waals surface area contributed by atoms with Gasteiger partial charge in [0.2, 0.25) is 0 Å². The molecule has 2 aromatic carbocycles. The maximum absolute atomic E-state index is 12.4. The Balaban J connectivity index is 2.06. The normalized spacial score (nSPS) is 11.4. The molecule has 0 saturated heterocycles. The SMILES string of the molecule is COc1cc(N)c(Cl)cc1C(=O)O[C@@H](C)C(=O)Nc1ccc(C(C)=O)cc1. The van der Waals surface area contributed by atoms with Gasteiger partial charge in [0.05, 0.1) is 17.8 Å². The minimum absolute atomic E-state index is 0.0576. The minimum Gasteiger partial charge on any atom is -0.496 e. The second-order valence-corrected chi connectivity index (χ2v) is 6.15. The van der Waals surface area contributed by atoms with E-state index in [1.165, 1.54) is 33.1 Å². The molecule has 1 atom stereocenters. The first kappa shape index (κ1) is 20.3. The summed E-state index contributed by atoms with van der Waals surface area (Å²) in [5, 5.41) is 2.78. The number of ketones is 1. The number of nitrogens with two attached hydrogens (primary N) is 1. The molecule has 27 heavy (non-hydrogen) atoms. The molecule has 0 radical (unpaired) electrons. The summed E-state index contributed by atoms with van der Waals surface area (Å²) in [6.45, 7) is 2.88. The molecule has 8 heteroatoms. The van der Waals surface area contributed by atoms with Crippen LogP contribution in [0.25, 0.3) is 0 Å². The summed E-state index contributed by atoms with van der Waals surface area (Å²) in [5.41, 5.74) is 6.99. The van der Waals surface area contributed by atoms with Crippen LogP contribution in [0.1, 0.15) is 34.6 Å². The van der Waals surface area contributed by atoms with Gasteiger partial charge < -0.3 is 20.5 Å². The molecule has 0 aromatic heterocycles. The van der Waals surface area contributed by atoms with Crippen molar-refractivity contribution in [3.8, 4) is 5.75 Å². The third-order valence-corrected chi connectivity index (χ3v) is 4.08. The Bertz CT molecular complexity index is 880. The molecular weight excluding hydrogens is 372 g/mol. The number of Topliss-reactive ketones (excluding diaryl/α,β-unsaturated/α-hetero) is 1. The third-order valence-electron chi connectivity index (χ3n) is 3.75. The van der Waals surface area contributed by atoms with Crippen molar-refractivity contribution in [2.24, 2.45) is 0 Å². The summed E-state index contributed by atoms with van der Waals surface area (Å²) in [5.74, 6) is -1.19. The van der Waals surface area contributed by atoms with E-state index in [0.29, 0.717) is 11.3 Å². The highest BCUT2D eigenvalue weighted by Gasteiger charge is 2.22. The molecule has 0 fully saturated rings. The van der Waals surface area contributed by atoms with E-state index >= 15 is 0 Å². The van der Waals surface area contributed by atoms with Crippen molar-refractivity contribution in [2.75, 3.05) is 18.2 Å². The Morgan fingerprint density at radius 1 is 1.15 bits per heavy atom. The monoisotopic (exact) mass is 390 g/mol. The number of carbonyl (C=O) groups excluding carboxylic acids is 3. The van der Waals surface area contributed by atoms with Crippen molar-refractivity contribution in [1.82, 2.24) is 0 Å². The number of esters is 1. The van der Waals surface area contributed by atoms with Crippen molar-refractivity contribution >= 4 is 40.6 Å². The molecule has 0 bridgehead atoms. The van der Waals surface area contributed by atoms with Gasteiger partial charge in [-0.3, -0.25) is 9.59 Å². The van der Waals surface area contributed by atoms with Crippen molar-refractivity contribution in [2.45, 2.75) is 20.0 Å². The summed E-state index contributed by atoms with van der Waals surface area (Å²) >= 11 is 5.94. The lowest BCUT2D eigenvalue weighted by Gasteiger charge is -2.15. The van der Waals surface area contributed by atoms with Gasteiger partial charge in [-0.05, 0) is 44.2 Å². The lowest BCUT2D eigenvalue weighted by molar-refractivity contribution is -0.123. The van der Waals surface area contributed by atoms with E-state index in [1.807, 2.05) is 0 Å². The lowest BCUT2D eigenvalue weighted by atomic mass is 10.1. The van der Waals surface area contributed by atoms with E-state index in [9.17, 15) is 14.4 Å². The molecule has 0 unspecified atom stereocenters. The molecule has 0 aliphatic rings. The van der Waals surface area contributed by atoms with Gasteiger partial charge >= 0.3 is 5.97 Å². The van der Waals surface area contributed by atoms with Crippen molar-refractivity contribution in [1.29, 1.82) is 0 Å². The quantitative estimate of drug-likeness (QED) is 0.445. The van der Waals surface area contributed by atoms with Crippen LogP contribution in [0.5, 0.6) is 5.75 Å². The van der Waals surface area contributed by atoms with Gasteiger partial charge in [0, 0.05) is 17.3 Å². The number of halogens is 1. The Hall–Kier alpha value is -3.06. The van der Waals surface area contributed by atoms with Crippen LogP contribution < -0.4 is 15.8 Å². The zero-order chi connectivity index (χ0) is 20.1. The highest BCUT2D eigenvalue weighted by atomic mass is 35.5. The van der Waals surface area contributed by atoms with Gasteiger partial charge in [0.1, 0.15) is 11.3 Å². The molecule has 7 nitrogen and oxygen atoms in total. The number of rotatable bonds is 6. The first-order valence-corrected chi connectivity index (χ1v) is 8.36. The number of carbonyl (C=O) groups is 3. The highest BCUT2D eigenvalue weighted by molar-refractivity contribution is 6.33. The Labute approximate surface area is 161 Å². The number of ether oxygens (including phenoxy) is 2. The molecule has 0 spiro atoms. The predicted octanol–water partition coefficient (Wildman–Crippen LogP) is 3.32. The van der Waals surface area contributed by atoms with E-state index in [-0.39, 0.29) is 27.8 Å². The van der Waals surface area contributed by atoms with Crippen LogP contribution in [0.2, 0.25) is 5.02 Å². The van der Waals surface area contributed by atoms with Crippen LogP contribution in [0, 0.1) is 0 Å². The summed E-state index contributed by atoms with van der Waals surface area (Å²) in [7, 11) is 1.38. The molecular formula is C19H19ClN2O5. The van der Waals surface area contributed by atoms with Crippen molar-refractivity contribution < 1.29 is 23.9 Å². The summed E-state index contributed by atoms with van der Waals surface area (Å²) < 4.78 is 10.3. The lowest BCUT2D eigenvalue weighted by Crippen LogP contribution is -2.30. The van der Waals surface area contributed by atoms with E-state index in [1.54, 1.807) is 24.3 Å². The van der Waals surface area contributed by atoms with Gasteiger partial charge in [-0.2, -0.15) is 0 Å². The summed E-state index contributed by atoms with van der Waals surface area (Å²) in [6.07, 6.45) is -1.08. The number of nitrogens with one attached hydrogen (secondary N) is 1. The van der Waals surface area contributed by atoms with Crippen molar-refractivity contribution in [3.63, 3.8) is 0 Å². The average molecular weight is 391 g/mol. The zero-order valence-corrected chi connectivity index (χ0v) is 15.8. The van der Waals surface area contributed by atoms with Gasteiger partial charge in [0.25, 0.3) is 5.91 Å². The van der Waals surface area contributed by atoms with E-state index in [0.717, 1.165) is 0 Å². The number of hydrogen-bond donors (Lipinski definition) is 2. The van der Waals surface area contributed by atoms with E-state index in [4.69, 9.17) is 26.8 Å². The van der Waals surface area contributed by atoms with Crippen LogP contribution >= 0.6 is 11.6 Å². The summed E-state index contributed by atoms with van der Waals surface area (Å²) in [4.78, 5) is 35.9. The number of benzene rings is 2. The molecule has 3 N–H and O–H groups in total. The first-order valence-electron chi connectivity index (χ1n) is 7.98. The van der Waals surface area contributed by atoms with Crippen LogP contribution in [0.15, 0.2) is 36.4 Å². The zero-order valence-electron chi connectivity index (χ0n) is 15.0. The predicted molar refractivity (Wildman–Crippen MR) is 102 cm³/mol. The van der Waals surface area contributed by atoms with Gasteiger partial charge in [-0.1, -0.05) is 11.6 Å². The standard InChI is InChI=1S/C19H19ClN2O5/c1-10(23)12-4-6-13(7-5-12)22-18(24)11(2)27-19(25)14-8-15(20)16(21)9-17(14)26-3/h4-9,11H,21H2,1-3H3,(H,22,24)/t11-/m0/s1. The third kappa shape index (κ3) is 4.98. The molecule has 2 aromatic rings. The number of nitrogen functional groups attached to an aromatic ring is 1. The topological polar surface area (TPSA) is 108 Å². The Kier molecular flexibility index (Phi) is 6.41. The van der Waals surface area contributed by atoms with E-state index in [2.05, 4.69) is 5.32 Å². The number of amides is 1. The fourth-order valence-electron chi connectivity index (χ4n) is 2.21. The van der Waals surface area contributed by atoms with Gasteiger partial charge in [-0.25, -0.2) is 4.79 Å². The molecule has 0 aliphatic heterocycles. The fourth-order valence-corrected chi connectivity index (χ4v) is 2.37. The van der Waals surface area contributed by atoms with Gasteiger partial charge in [0.15, 0.2) is 11.9 Å². The number of anilines is 2. The fraction of sp³-hybridized carbons (Fsp3) is 0.211. The minimum atomic E-state index is -1.08. The molecule has 0 heterocycles. The largest absolute Gasteiger partial charge is 0.496 e. The first-order chi connectivity index (χ1) is 12.7. The number of hydrogen-bond acceptors (Lipinski definition) is 6. The van der Waals surface area contributed by atoms with Crippen molar-refractivity contribution in [3.05, 3.63) is 52.5 Å². The van der Waals surface area contributed by atoms with Crippen LogP contribution in [0.3, 0.4) is 0 Å². The smallest absolute Gasteiger partial charge is 0.342 e. The van der Waals surface area contributed by atoms with E-state index < -0.39 is 18.0 Å². The van der Waals surface area contributed by atoms with Gasteiger partial charge in [-0.15, -0.1) is 0 Å². The Morgan fingerprint density at radius 3 is 2.33 bits per heavy atom. The molecule has 2 rings (SSSR count). The second kappa shape index (κ2) is 8.55. The molecule has 0 saturated carbocycles. The molecule has 1 amide bonds. The molecule has 0 aliphatic carbocycles. The maximum Gasteiger partial charge on any atom is 0.342 e. The molecule has 142 valence electrons. The highest BCUT2D eigenvalue weighted by Crippen LogP contribution is 2.29.